The Morgan fingerprint density at radius 1 is 1.32 bits per heavy atom. The number of benzene rings is 1. The molecule has 2 aromatic heterocycles. The van der Waals surface area contributed by atoms with Gasteiger partial charge in [0.25, 0.3) is 0 Å². The summed E-state index contributed by atoms with van der Waals surface area (Å²) in [5.74, 6) is 2.46. The summed E-state index contributed by atoms with van der Waals surface area (Å²) in [7, 11) is 1.90. The number of aryl methyl sites for hydroxylation is 1. The smallest absolute Gasteiger partial charge is 0.191 e. The fourth-order valence-electron chi connectivity index (χ4n) is 2.80. The molecule has 3 aromatic rings. The zero-order valence-corrected chi connectivity index (χ0v) is 14.6. The number of aromatic nitrogens is 3. The molecule has 1 aromatic carbocycles. The van der Waals surface area contributed by atoms with Crippen LogP contribution in [-0.2, 0) is 24.1 Å². The fourth-order valence-corrected chi connectivity index (χ4v) is 3.68. The van der Waals surface area contributed by atoms with Crippen molar-refractivity contribution in [2.24, 2.45) is 7.05 Å². The number of nitrogens with zero attached hydrogens (tertiary/aromatic N) is 3. The first kappa shape index (κ1) is 16.2. The summed E-state index contributed by atoms with van der Waals surface area (Å²) in [4.78, 5) is 0. The lowest BCUT2D eigenvalue weighted by Gasteiger charge is -2.20. The predicted molar refractivity (Wildman–Crippen MR) is 89.7 cm³/mol. The molecule has 0 atom stereocenters. The summed E-state index contributed by atoms with van der Waals surface area (Å²) in [6.07, 6.45) is 1.63. The van der Waals surface area contributed by atoms with E-state index in [0.29, 0.717) is 18.1 Å². The van der Waals surface area contributed by atoms with Crippen LogP contribution in [0.4, 0.5) is 4.39 Å². The minimum Gasteiger partial charge on any atom is -0.469 e. The molecule has 8 heteroatoms. The fraction of sp³-hybridized carbons (Fsp3) is 0.294. The van der Waals surface area contributed by atoms with Crippen molar-refractivity contribution >= 4 is 11.8 Å². The maximum atomic E-state index is 13.8. The van der Waals surface area contributed by atoms with E-state index in [2.05, 4.69) is 10.2 Å². The van der Waals surface area contributed by atoms with E-state index in [1.54, 1.807) is 6.26 Å². The van der Waals surface area contributed by atoms with Crippen LogP contribution in [0.3, 0.4) is 0 Å². The number of rotatable bonds is 4. The monoisotopic (exact) mass is 361 g/mol. The summed E-state index contributed by atoms with van der Waals surface area (Å²) < 4.78 is 31.8. The first-order valence-corrected chi connectivity index (χ1v) is 8.70. The van der Waals surface area contributed by atoms with Gasteiger partial charge in [-0.3, -0.25) is 0 Å². The van der Waals surface area contributed by atoms with Gasteiger partial charge in [0.15, 0.2) is 17.8 Å². The van der Waals surface area contributed by atoms with Crippen LogP contribution in [-0.4, -0.2) is 21.6 Å². The molecule has 25 heavy (non-hydrogen) atoms. The SMILES string of the molecule is Cc1occc1-c1nnc(SCc2cc(F)cc3c2OCOC3)n1C. The minimum absolute atomic E-state index is 0.185. The van der Waals surface area contributed by atoms with Crippen molar-refractivity contribution in [3.05, 3.63) is 47.2 Å². The van der Waals surface area contributed by atoms with Gasteiger partial charge in [-0.25, -0.2) is 4.39 Å². The molecule has 0 radical (unpaired) electrons. The molecule has 0 amide bonds. The van der Waals surface area contributed by atoms with E-state index in [9.17, 15) is 4.39 Å². The van der Waals surface area contributed by atoms with Gasteiger partial charge in [-0.2, -0.15) is 0 Å². The van der Waals surface area contributed by atoms with Crippen molar-refractivity contribution in [2.45, 2.75) is 24.4 Å². The lowest BCUT2D eigenvalue weighted by atomic mass is 10.1. The van der Waals surface area contributed by atoms with Gasteiger partial charge in [0, 0.05) is 23.9 Å². The van der Waals surface area contributed by atoms with Gasteiger partial charge in [0.1, 0.15) is 17.3 Å². The summed E-state index contributed by atoms with van der Waals surface area (Å²) >= 11 is 1.48. The summed E-state index contributed by atoms with van der Waals surface area (Å²) in [6, 6.07) is 4.81. The number of hydrogen-bond donors (Lipinski definition) is 0. The number of halogens is 1. The van der Waals surface area contributed by atoms with E-state index in [1.165, 1.54) is 23.9 Å². The number of ether oxygens (including phenoxy) is 2. The molecule has 6 nitrogen and oxygen atoms in total. The second-order valence-electron chi connectivity index (χ2n) is 5.71. The highest BCUT2D eigenvalue weighted by Crippen LogP contribution is 2.34. The standard InChI is InChI=1S/C17H16FN3O3S/c1-10-14(3-4-23-10)16-19-20-17(21(16)2)25-8-12-6-13(18)5-11-7-22-9-24-15(11)12/h3-6H,7-9H2,1-2H3. The average Bonchev–Trinajstić information content (AvgIpc) is 3.18. The van der Waals surface area contributed by atoms with Crippen molar-refractivity contribution in [2.75, 3.05) is 6.79 Å². The highest BCUT2D eigenvalue weighted by molar-refractivity contribution is 7.98. The normalized spacial score (nSPS) is 13.6. The molecule has 0 N–H and O–H groups in total. The first-order chi connectivity index (χ1) is 12.1. The maximum absolute atomic E-state index is 13.8. The van der Waals surface area contributed by atoms with Crippen LogP contribution in [0.25, 0.3) is 11.4 Å². The molecule has 0 saturated carbocycles. The molecule has 3 heterocycles. The average molecular weight is 361 g/mol. The Kier molecular flexibility index (Phi) is 4.22. The lowest BCUT2D eigenvalue weighted by molar-refractivity contribution is -0.0171. The topological polar surface area (TPSA) is 62.3 Å². The van der Waals surface area contributed by atoms with Crippen LogP contribution >= 0.6 is 11.8 Å². The molecular formula is C17H16FN3O3S. The summed E-state index contributed by atoms with van der Waals surface area (Å²) in [5, 5.41) is 9.22. The first-order valence-electron chi connectivity index (χ1n) is 7.72. The molecule has 0 bridgehead atoms. The number of fused-ring (bicyclic) bond motifs is 1. The largest absolute Gasteiger partial charge is 0.469 e. The molecule has 1 aliphatic rings. The van der Waals surface area contributed by atoms with E-state index in [-0.39, 0.29) is 12.6 Å². The molecule has 4 rings (SSSR count). The van der Waals surface area contributed by atoms with Crippen LogP contribution in [0.1, 0.15) is 16.9 Å². The van der Waals surface area contributed by atoms with Gasteiger partial charge in [-0.15, -0.1) is 10.2 Å². The minimum atomic E-state index is -0.295. The van der Waals surface area contributed by atoms with Gasteiger partial charge in [0.2, 0.25) is 0 Å². The molecule has 0 saturated heterocycles. The Labute approximate surface area is 148 Å². The number of hydrogen-bond acceptors (Lipinski definition) is 6. The Hall–Kier alpha value is -2.32. The second-order valence-corrected chi connectivity index (χ2v) is 6.65. The Bertz CT molecular complexity index is 922. The van der Waals surface area contributed by atoms with Crippen molar-refractivity contribution in [3.63, 3.8) is 0 Å². The van der Waals surface area contributed by atoms with E-state index in [1.807, 2.05) is 24.6 Å². The van der Waals surface area contributed by atoms with Crippen LogP contribution in [0.5, 0.6) is 5.75 Å². The molecule has 1 aliphatic heterocycles. The Balaban J connectivity index is 1.58. The Morgan fingerprint density at radius 2 is 2.20 bits per heavy atom. The van der Waals surface area contributed by atoms with Crippen molar-refractivity contribution < 1.29 is 18.3 Å². The predicted octanol–water partition coefficient (Wildman–Crippen LogP) is 3.68. The third kappa shape index (κ3) is 3.03. The quantitative estimate of drug-likeness (QED) is 0.661. The van der Waals surface area contributed by atoms with Crippen LogP contribution < -0.4 is 4.74 Å². The van der Waals surface area contributed by atoms with Gasteiger partial charge in [0.05, 0.1) is 18.4 Å². The van der Waals surface area contributed by atoms with Crippen molar-refractivity contribution in [1.82, 2.24) is 14.8 Å². The summed E-state index contributed by atoms with van der Waals surface area (Å²) in [6.45, 7) is 2.43. The summed E-state index contributed by atoms with van der Waals surface area (Å²) in [5.41, 5.74) is 2.42. The third-order valence-corrected chi connectivity index (χ3v) is 5.11. The molecule has 0 fully saturated rings. The third-order valence-electron chi connectivity index (χ3n) is 4.04. The molecule has 0 spiro atoms. The maximum Gasteiger partial charge on any atom is 0.191 e. The molecule has 130 valence electrons. The van der Waals surface area contributed by atoms with Gasteiger partial charge >= 0.3 is 0 Å². The lowest BCUT2D eigenvalue weighted by Crippen LogP contribution is -2.13. The number of furan rings is 1. The Morgan fingerprint density at radius 3 is 3.00 bits per heavy atom. The van der Waals surface area contributed by atoms with Crippen LogP contribution in [0.2, 0.25) is 0 Å². The highest BCUT2D eigenvalue weighted by Gasteiger charge is 2.19. The van der Waals surface area contributed by atoms with Gasteiger partial charge < -0.3 is 18.5 Å². The zero-order valence-electron chi connectivity index (χ0n) is 13.8. The van der Waals surface area contributed by atoms with Crippen molar-refractivity contribution in [3.8, 4) is 17.1 Å². The van der Waals surface area contributed by atoms with Crippen LogP contribution in [0.15, 0.2) is 34.0 Å². The molecule has 0 aliphatic carbocycles. The van der Waals surface area contributed by atoms with E-state index in [0.717, 1.165) is 33.4 Å². The second kappa shape index (κ2) is 6.53. The zero-order chi connectivity index (χ0) is 17.4. The van der Waals surface area contributed by atoms with E-state index in [4.69, 9.17) is 13.9 Å². The van der Waals surface area contributed by atoms with Gasteiger partial charge in [-0.1, -0.05) is 11.8 Å². The van der Waals surface area contributed by atoms with Crippen molar-refractivity contribution in [1.29, 1.82) is 0 Å². The highest BCUT2D eigenvalue weighted by atomic mass is 32.2. The van der Waals surface area contributed by atoms with Gasteiger partial charge in [-0.05, 0) is 25.1 Å². The molecule has 0 unspecified atom stereocenters. The molecular weight excluding hydrogens is 345 g/mol. The van der Waals surface area contributed by atoms with E-state index < -0.39 is 0 Å². The number of thioether (sulfide) groups is 1. The van der Waals surface area contributed by atoms with E-state index >= 15 is 0 Å². The van der Waals surface area contributed by atoms with Crippen LogP contribution in [0, 0.1) is 12.7 Å².